The number of alkyl carbamates (subject to hydrolysis) is 1. The molecule has 0 aromatic heterocycles. The highest BCUT2D eigenvalue weighted by molar-refractivity contribution is 8.01. The average molecular weight is 555 g/mol. The molecule has 4 rings (SSSR count). The van der Waals surface area contributed by atoms with Crippen LogP contribution in [0.2, 0.25) is 0 Å². The van der Waals surface area contributed by atoms with Gasteiger partial charge >= 0.3 is 17.4 Å². The van der Waals surface area contributed by atoms with E-state index in [1.165, 1.54) is 16.7 Å². The van der Waals surface area contributed by atoms with Crippen molar-refractivity contribution in [2.75, 3.05) is 10.8 Å². The summed E-state index contributed by atoms with van der Waals surface area (Å²) in [7, 11) is 0. The van der Waals surface area contributed by atoms with Gasteiger partial charge < -0.3 is 10.1 Å². The SMILES string of the molecule is CC(C)(C)NC(=O)OC1SCN(c2cccc([N+](Cc3ccccc3)(Cc3ccccc3)S(=O)O)c2)C1=O. The molecule has 2 N–H and O–H groups in total. The second kappa shape index (κ2) is 11.7. The second-order valence-electron chi connectivity index (χ2n) is 10.1. The molecular weight excluding hydrogens is 522 g/mol. The third-order valence-corrected chi connectivity index (χ3v) is 8.06. The molecule has 10 heteroatoms. The van der Waals surface area contributed by atoms with Crippen LogP contribution in [-0.2, 0) is 33.9 Å². The summed E-state index contributed by atoms with van der Waals surface area (Å²) in [6.45, 7) is 6.02. The smallest absolute Gasteiger partial charge is 0.409 e. The standard InChI is InChI=1S/C28H31N3O5S2/c1-28(2,3)29-27(33)36-26-25(32)30(20-37-26)23-15-10-16-24(17-23)31(38(34)35,18-21-11-6-4-7-12-21)19-22-13-8-5-9-14-22/h4-17,26H,18-20H2,1-3H3,(H-,29,33,34,35)/p+1. The van der Waals surface area contributed by atoms with Gasteiger partial charge in [0.25, 0.3) is 5.91 Å². The minimum absolute atomic E-state index is 0.268. The highest BCUT2D eigenvalue weighted by Crippen LogP contribution is 2.37. The first kappa shape index (κ1) is 27.8. The van der Waals surface area contributed by atoms with E-state index < -0.39 is 28.3 Å². The molecule has 1 aliphatic heterocycles. The summed E-state index contributed by atoms with van der Waals surface area (Å²) in [6, 6.07) is 26.3. The number of nitrogens with zero attached hydrogens (tertiary/aromatic N) is 2. The van der Waals surface area contributed by atoms with Crippen LogP contribution in [-0.4, -0.2) is 37.6 Å². The third-order valence-electron chi connectivity index (χ3n) is 5.99. The number of benzene rings is 3. The summed E-state index contributed by atoms with van der Waals surface area (Å²) in [5.74, 6) is -0.0689. The van der Waals surface area contributed by atoms with E-state index in [9.17, 15) is 18.4 Å². The normalized spacial score (nSPS) is 16.8. The van der Waals surface area contributed by atoms with Gasteiger partial charge in [0.1, 0.15) is 13.1 Å². The number of carbonyl (C=O) groups is 2. The molecule has 0 radical (unpaired) electrons. The number of nitrogens with one attached hydrogen (secondary N) is 1. The van der Waals surface area contributed by atoms with Gasteiger partial charge in [-0.15, -0.1) is 0 Å². The predicted octanol–water partition coefficient (Wildman–Crippen LogP) is 5.42. The molecule has 3 aromatic rings. The van der Waals surface area contributed by atoms with Crippen molar-refractivity contribution in [1.82, 2.24) is 9.21 Å². The Labute approximate surface area is 230 Å². The van der Waals surface area contributed by atoms with Crippen molar-refractivity contribution in [3.8, 4) is 0 Å². The number of hydrogen-bond donors (Lipinski definition) is 2. The van der Waals surface area contributed by atoms with Crippen molar-refractivity contribution in [2.24, 2.45) is 0 Å². The summed E-state index contributed by atoms with van der Waals surface area (Å²) in [6.07, 6.45) is -0.656. The lowest BCUT2D eigenvalue weighted by Gasteiger charge is -2.33. The highest BCUT2D eigenvalue weighted by Gasteiger charge is 2.41. The van der Waals surface area contributed by atoms with Crippen molar-refractivity contribution >= 4 is 46.4 Å². The molecule has 0 spiro atoms. The first-order valence-electron chi connectivity index (χ1n) is 12.2. The first-order valence-corrected chi connectivity index (χ1v) is 14.3. The Bertz CT molecular complexity index is 1260. The van der Waals surface area contributed by atoms with E-state index in [1.807, 2.05) is 87.5 Å². The molecular formula is C28H32N3O5S2+. The Morgan fingerprint density at radius 1 is 1.03 bits per heavy atom. The lowest BCUT2D eigenvalue weighted by molar-refractivity contribution is -0.122. The van der Waals surface area contributed by atoms with E-state index in [4.69, 9.17) is 4.74 Å². The maximum Gasteiger partial charge on any atom is 0.409 e. The van der Waals surface area contributed by atoms with Gasteiger partial charge in [-0.3, -0.25) is 14.2 Å². The number of rotatable bonds is 8. The van der Waals surface area contributed by atoms with Gasteiger partial charge in [0.15, 0.2) is 5.69 Å². The van der Waals surface area contributed by atoms with E-state index >= 15 is 0 Å². The Kier molecular flexibility index (Phi) is 8.57. The minimum Gasteiger partial charge on any atom is -0.425 e. The zero-order valence-corrected chi connectivity index (χ0v) is 23.2. The number of amides is 2. The molecule has 2 atom stereocenters. The van der Waals surface area contributed by atoms with Gasteiger partial charge in [-0.1, -0.05) is 78.5 Å². The lowest BCUT2D eigenvalue weighted by atomic mass is 10.1. The van der Waals surface area contributed by atoms with E-state index in [1.54, 1.807) is 18.2 Å². The number of quaternary nitrogens is 1. The van der Waals surface area contributed by atoms with Crippen LogP contribution in [0, 0.1) is 0 Å². The topological polar surface area (TPSA) is 95.9 Å². The average Bonchev–Trinajstić information content (AvgIpc) is 3.23. The molecule has 38 heavy (non-hydrogen) atoms. The molecule has 8 nitrogen and oxygen atoms in total. The Hall–Kier alpha value is -3.18. The summed E-state index contributed by atoms with van der Waals surface area (Å²) in [5.41, 5.74) is 1.50. The molecule has 2 unspecified atom stereocenters. The predicted molar refractivity (Wildman–Crippen MR) is 152 cm³/mol. The van der Waals surface area contributed by atoms with Crippen LogP contribution in [0.3, 0.4) is 0 Å². The number of ether oxygens (including phenoxy) is 1. The Morgan fingerprint density at radius 2 is 1.61 bits per heavy atom. The summed E-state index contributed by atoms with van der Waals surface area (Å²) in [4.78, 5) is 26.9. The molecule has 1 fully saturated rings. The Morgan fingerprint density at radius 3 is 2.13 bits per heavy atom. The largest absolute Gasteiger partial charge is 0.425 e. The van der Waals surface area contributed by atoms with Crippen LogP contribution in [0.1, 0.15) is 31.9 Å². The number of carbonyl (C=O) groups excluding carboxylic acids is 2. The van der Waals surface area contributed by atoms with Crippen LogP contribution in [0.4, 0.5) is 16.2 Å². The van der Waals surface area contributed by atoms with Gasteiger partial charge in [-0.25, -0.2) is 4.79 Å². The van der Waals surface area contributed by atoms with E-state index in [-0.39, 0.29) is 28.8 Å². The van der Waals surface area contributed by atoms with E-state index in [0.29, 0.717) is 11.4 Å². The minimum atomic E-state index is -2.31. The summed E-state index contributed by atoms with van der Waals surface area (Å²) in [5, 5.41) is 2.70. The van der Waals surface area contributed by atoms with Crippen LogP contribution in [0.25, 0.3) is 0 Å². The van der Waals surface area contributed by atoms with Gasteiger partial charge in [-0.2, -0.15) is 8.10 Å². The maximum absolute atomic E-state index is 13.2. The van der Waals surface area contributed by atoms with Gasteiger partial charge in [0.2, 0.25) is 5.44 Å². The lowest BCUT2D eigenvalue weighted by Crippen LogP contribution is -2.49. The van der Waals surface area contributed by atoms with Gasteiger partial charge in [0, 0.05) is 28.8 Å². The first-order chi connectivity index (χ1) is 18.1. The number of anilines is 1. The fourth-order valence-corrected chi connectivity index (χ4v) is 6.03. The van der Waals surface area contributed by atoms with Crippen molar-refractivity contribution in [3.63, 3.8) is 0 Å². The van der Waals surface area contributed by atoms with Crippen LogP contribution in [0.15, 0.2) is 84.9 Å². The Balaban J connectivity index is 1.66. The zero-order valence-electron chi connectivity index (χ0n) is 21.6. The highest BCUT2D eigenvalue weighted by atomic mass is 32.2. The van der Waals surface area contributed by atoms with Crippen molar-refractivity contribution in [2.45, 2.75) is 44.8 Å². The molecule has 1 aliphatic rings. The van der Waals surface area contributed by atoms with E-state index in [0.717, 1.165) is 11.1 Å². The molecule has 0 aliphatic carbocycles. The summed E-state index contributed by atoms with van der Waals surface area (Å²) >= 11 is -1.09. The molecule has 3 aromatic carbocycles. The molecule has 1 saturated heterocycles. The molecule has 0 saturated carbocycles. The quantitative estimate of drug-likeness (QED) is 0.285. The molecule has 2 amide bonds. The molecule has 1 heterocycles. The van der Waals surface area contributed by atoms with Gasteiger partial charge in [0.05, 0.1) is 11.6 Å². The maximum atomic E-state index is 13.2. The van der Waals surface area contributed by atoms with Crippen molar-refractivity contribution in [1.29, 1.82) is 0 Å². The van der Waals surface area contributed by atoms with Crippen LogP contribution >= 0.6 is 11.8 Å². The van der Waals surface area contributed by atoms with Crippen LogP contribution < -0.4 is 14.1 Å². The second-order valence-corrected chi connectivity index (χ2v) is 12.3. The fourth-order valence-electron chi connectivity index (χ4n) is 4.23. The van der Waals surface area contributed by atoms with Crippen molar-refractivity contribution in [3.05, 3.63) is 96.1 Å². The van der Waals surface area contributed by atoms with E-state index in [2.05, 4.69) is 5.32 Å². The van der Waals surface area contributed by atoms with Crippen molar-refractivity contribution < 1.29 is 23.1 Å². The molecule has 200 valence electrons. The monoisotopic (exact) mass is 554 g/mol. The van der Waals surface area contributed by atoms with Gasteiger partial charge in [-0.05, 0) is 26.8 Å². The number of hydrogen-bond acceptors (Lipinski definition) is 5. The fraction of sp³-hybridized carbons (Fsp3) is 0.286. The number of thioether (sulfide) groups is 1. The van der Waals surface area contributed by atoms with Crippen LogP contribution in [0.5, 0.6) is 0 Å². The molecule has 0 bridgehead atoms. The summed E-state index contributed by atoms with van der Waals surface area (Å²) < 4.78 is 29.0. The zero-order chi connectivity index (χ0) is 27.3. The third kappa shape index (κ3) is 6.63.